The Bertz CT molecular complexity index is 716. The van der Waals surface area contributed by atoms with Gasteiger partial charge in [-0.15, -0.1) is 11.3 Å². The molecule has 1 aliphatic heterocycles. The van der Waals surface area contributed by atoms with Gasteiger partial charge >= 0.3 is 0 Å². The normalized spacial score (nSPS) is 20.8. The molecule has 2 heterocycles. The van der Waals surface area contributed by atoms with E-state index in [1.54, 1.807) is 11.3 Å². The van der Waals surface area contributed by atoms with E-state index in [4.69, 9.17) is 0 Å². The van der Waals surface area contributed by atoms with Crippen LogP contribution in [-0.2, 0) is 12.8 Å². The fourth-order valence-corrected chi connectivity index (χ4v) is 5.07. The average molecular weight is 340 g/mol. The SMILES string of the molecule is C[C@@H]1CCc2c(C(=O)N3CCN(c4ccccc4)CC3)csc2C1. The van der Waals surface area contributed by atoms with E-state index >= 15 is 0 Å². The molecule has 1 atom stereocenters. The number of fused-ring (bicyclic) bond motifs is 1. The molecule has 1 saturated heterocycles. The third kappa shape index (κ3) is 2.95. The Morgan fingerprint density at radius 2 is 1.88 bits per heavy atom. The van der Waals surface area contributed by atoms with Crippen LogP contribution in [0.5, 0.6) is 0 Å². The minimum atomic E-state index is 0.245. The standard InChI is InChI=1S/C20H24N2OS/c1-15-7-8-17-18(14-24-19(17)13-15)20(23)22-11-9-21(10-12-22)16-5-3-2-4-6-16/h2-6,14-15H,7-13H2,1H3/t15-/m1/s1. The van der Waals surface area contributed by atoms with Gasteiger partial charge in [0.2, 0.25) is 0 Å². The molecule has 1 amide bonds. The minimum Gasteiger partial charge on any atom is -0.368 e. The van der Waals surface area contributed by atoms with Gasteiger partial charge in [0.05, 0.1) is 5.56 Å². The first-order chi connectivity index (χ1) is 11.7. The van der Waals surface area contributed by atoms with E-state index in [2.05, 4.69) is 41.5 Å². The van der Waals surface area contributed by atoms with Crippen molar-refractivity contribution < 1.29 is 4.79 Å². The molecule has 1 aliphatic carbocycles. The molecule has 0 spiro atoms. The van der Waals surface area contributed by atoms with E-state index in [9.17, 15) is 4.79 Å². The Morgan fingerprint density at radius 1 is 1.12 bits per heavy atom. The number of piperazine rings is 1. The van der Waals surface area contributed by atoms with Crippen molar-refractivity contribution in [1.82, 2.24) is 4.90 Å². The molecule has 0 N–H and O–H groups in total. The Labute approximate surface area is 147 Å². The molecule has 4 heteroatoms. The maximum atomic E-state index is 13.0. The number of amides is 1. The number of para-hydroxylation sites is 1. The summed E-state index contributed by atoms with van der Waals surface area (Å²) in [4.78, 5) is 18.8. The number of rotatable bonds is 2. The Morgan fingerprint density at radius 3 is 2.62 bits per heavy atom. The fraction of sp³-hybridized carbons (Fsp3) is 0.450. The molecule has 0 saturated carbocycles. The predicted molar refractivity (Wildman–Crippen MR) is 100 cm³/mol. The molecule has 0 unspecified atom stereocenters. The average Bonchev–Trinajstić information content (AvgIpc) is 3.05. The van der Waals surface area contributed by atoms with Crippen molar-refractivity contribution in [2.45, 2.75) is 26.2 Å². The van der Waals surface area contributed by atoms with E-state index in [1.807, 2.05) is 11.0 Å². The maximum absolute atomic E-state index is 13.0. The second-order valence-corrected chi connectivity index (χ2v) is 7.98. The molecular formula is C20H24N2OS. The van der Waals surface area contributed by atoms with Gasteiger partial charge in [0.15, 0.2) is 0 Å². The lowest BCUT2D eigenvalue weighted by Crippen LogP contribution is -2.48. The summed E-state index contributed by atoms with van der Waals surface area (Å²) in [6.45, 7) is 5.77. The Balaban J connectivity index is 1.44. The Kier molecular flexibility index (Phi) is 4.31. The van der Waals surface area contributed by atoms with Gasteiger partial charge < -0.3 is 9.80 Å². The van der Waals surface area contributed by atoms with E-state index in [0.29, 0.717) is 0 Å². The first-order valence-electron chi connectivity index (χ1n) is 8.91. The first-order valence-corrected chi connectivity index (χ1v) is 9.79. The topological polar surface area (TPSA) is 23.6 Å². The van der Waals surface area contributed by atoms with Crippen LogP contribution in [0, 0.1) is 5.92 Å². The van der Waals surface area contributed by atoms with Crippen LogP contribution in [-0.4, -0.2) is 37.0 Å². The van der Waals surface area contributed by atoms with Crippen LogP contribution in [0.4, 0.5) is 5.69 Å². The highest BCUT2D eigenvalue weighted by Gasteiger charge is 2.28. The van der Waals surface area contributed by atoms with Crippen molar-refractivity contribution in [3.05, 3.63) is 51.7 Å². The van der Waals surface area contributed by atoms with Crippen LogP contribution >= 0.6 is 11.3 Å². The summed E-state index contributed by atoms with van der Waals surface area (Å²) < 4.78 is 0. The molecule has 1 fully saturated rings. The largest absolute Gasteiger partial charge is 0.368 e. The van der Waals surface area contributed by atoms with Crippen molar-refractivity contribution in [1.29, 1.82) is 0 Å². The number of thiophene rings is 1. The van der Waals surface area contributed by atoms with Gasteiger partial charge in [-0.3, -0.25) is 4.79 Å². The second kappa shape index (κ2) is 6.60. The molecule has 2 aliphatic rings. The smallest absolute Gasteiger partial charge is 0.255 e. The number of hydrogen-bond acceptors (Lipinski definition) is 3. The molecule has 126 valence electrons. The summed E-state index contributed by atoms with van der Waals surface area (Å²) >= 11 is 1.79. The highest BCUT2D eigenvalue weighted by molar-refractivity contribution is 7.10. The van der Waals surface area contributed by atoms with Crippen molar-refractivity contribution in [2.24, 2.45) is 5.92 Å². The van der Waals surface area contributed by atoms with Crippen LogP contribution < -0.4 is 4.90 Å². The Hall–Kier alpha value is -1.81. The molecule has 3 nitrogen and oxygen atoms in total. The van der Waals surface area contributed by atoms with Gasteiger partial charge in [0.1, 0.15) is 0 Å². The highest BCUT2D eigenvalue weighted by atomic mass is 32.1. The van der Waals surface area contributed by atoms with Gasteiger partial charge in [-0.05, 0) is 42.9 Å². The summed E-state index contributed by atoms with van der Waals surface area (Å²) in [5.74, 6) is 1.00. The molecule has 4 rings (SSSR count). The summed E-state index contributed by atoms with van der Waals surface area (Å²) in [5.41, 5.74) is 3.58. The zero-order chi connectivity index (χ0) is 16.5. The third-order valence-electron chi connectivity index (χ3n) is 5.32. The number of carbonyl (C=O) groups excluding carboxylic acids is 1. The summed E-state index contributed by atoms with van der Waals surface area (Å²) in [7, 11) is 0. The van der Waals surface area contributed by atoms with Gasteiger partial charge in [-0.1, -0.05) is 25.1 Å². The monoisotopic (exact) mass is 340 g/mol. The first kappa shape index (κ1) is 15.7. The van der Waals surface area contributed by atoms with Crippen LogP contribution in [0.2, 0.25) is 0 Å². The van der Waals surface area contributed by atoms with Gasteiger partial charge in [-0.25, -0.2) is 0 Å². The quantitative estimate of drug-likeness (QED) is 0.829. The van der Waals surface area contributed by atoms with Crippen molar-refractivity contribution >= 4 is 22.9 Å². The molecule has 2 aromatic rings. The summed E-state index contributed by atoms with van der Waals surface area (Å²) in [5, 5.41) is 2.11. The zero-order valence-electron chi connectivity index (χ0n) is 14.2. The number of nitrogens with zero attached hydrogens (tertiary/aromatic N) is 2. The van der Waals surface area contributed by atoms with E-state index in [1.165, 1.54) is 22.5 Å². The van der Waals surface area contributed by atoms with E-state index in [-0.39, 0.29) is 5.91 Å². The molecule has 1 aromatic heterocycles. The maximum Gasteiger partial charge on any atom is 0.255 e. The number of hydrogen-bond donors (Lipinski definition) is 0. The lowest BCUT2D eigenvalue weighted by Gasteiger charge is -2.36. The van der Waals surface area contributed by atoms with Gasteiger partial charge in [0.25, 0.3) is 5.91 Å². The van der Waals surface area contributed by atoms with Crippen molar-refractivity contribution in [3.63, 3.8) is 0 Å². The lowest BCUT2D eigenvalue weighted by molar-refractivity contribution is 0.0746. The van der Waals surface area contributed by atoms with Gasteiger partial charge in [-0.2, -0.15) is 0 Å². The summed E-state index contributed by atoms with van der Waals surface area (Å²) in [6.07, 6.45) is 3.44. The van der Waals surface area contributed by atoms with Crippen LogP contribution in [0.1, 0.15) is 34.1 Å². The molecule has 24 heavy (non-hydrogen) atoms. The highest BCUT2D eigenvalue weighted by Crippen LogP contribution is 2.33. The van der Waals surface area contributed by atoms with Crippen molar-refractivity contribution in [3.8, 4) is 0 Å². The number of carbonyl (C=O) groups is 1. The van der Waals surface area contributed by atoms with Crippen molar-refractivity contribution in [2.75, 3.05) is 31.1 Å². The zero-order valence-corrected chi connectivity index (χ0v) is 15.0. The third-order valence-corrected chi connectivity index (χ3v) is 6.37. The van der Waals surface area contributed by atoms with E-state index in [0.717, 1.165) is 50.5 Å². The number of benzene rings is 1. The van der Waals surface area contributed by atoms with Crippen LogP contribution in [0.25, 0.3) is 0 Å². The minimum absolute atomic E-state index is 0.245. The molecular weight excluding hydrogens is 316 g/mol. The van der Waals surface area contributed by atoms with Crippen LogP contribution in [0.3, 0.4) is 0 Å². The second-order valence-electron chi connectivity index (χ2n) is 7.01. The van der Waals surface area contributed by atoms with Crippen LogP contribution in [0.15, 0.2) is 35.7 Å². The molecule has 1 aromatic carbocycles. The summed E-state index contributed by atoms with van der Waals surface area (Å²) in [6, 6.07) is 10.5. The lowest BCUT2D eigenvalue weighted by atomic mass is 9.88. The fourth-order valence-electron chi connectivity index (χ4n) is 3.83. The predicted octanol–water partition coefficient (Wildman–Crippen LogP) is 3.84. The molecule has 0 bridgehead atoms. The molecule has 0 radical (unpaired) electrons. The van der Waals surface area contributed by atoms with Gasteiger partial charge in [0, 0.05) is 42.1 Å². The number of anilines is 1. The van der Waals surface area contributed by atoms with E-state index < -0.39 is 0 Å².